The Bertz CT molecular complexity index is 585. The van der Waals surface area contributed by atoms with Gasteiger partial charge in [-0.2, -0.15) is 5.10 Å². The van der Waals surface area contributed by atoms with Crippen LogP contribution in [0.3, 0.4) is 0 Å². The highest BCUT2D eigenvalue weighted by Gasteiger charge is 2.11. The highest BCUT2D eigenvalue weighted by atomic mass is 35.5. The highest BCUT2D eigenvalue weighted by Crippen LogP contribution is 2.21. The van der Waals surface area contributed by atoms with Crippen molar-refractivity contribution < 1.29 is 14.7 Å². The van der Waals surface area contributed by atoms with Crippen molar-refractivity contribution in [3.05, 3.63) is 41.4 Å². The molecule has 0 spiro atoms. The van der Waals surface area contributed by atoms with E-state index in [0.29, 0.717) is 17.3 Å². The number of hydrogen-bond acceptors (Lipinski definition) is 4. The van der Waals surface area contributed by atoms with Crippen molar-refractivity contribution in [2.24, 2.45) is 5.10 Å². The van der Waals surface area contributed by atoms with Gasteiger partial charge in [0.05, 0.1) is 12.0 Å². The van der Waals surface area contributed by atoms with Crippen LogP contribution < -0.4 is 10.7 Å². The highest BCUT2D eigenvalue weighted by molar-refractivity contribution is 6.31. The topological polar surface area (TPSA) is 90.8 Å². The first kappa shape index (κ1) is 16.7. The van der Waals surface area contributed by atoms with E-state index in [-0.39, 0.29) is 23.6 Å². The SMILES string of the molecule is C=CCNC(=O)C/C(C)=N/NC(=O)c1cc(Cl)ccc1O. The predicted octanol–water partition coefficient (Wildman–Crippen LogP) is 1.84. The Balaban J connectivity index is 2.62. The van der Waals surface area contributed by atoms with Gasteiger partial charge in [-0.15, -0.1) is 6.58 Å². The van der Waals surface area contributed by atoms with Crippen molar-refractivity contribution in [1.82, 2.24) is 10.7 Å². The third-order valence-electron chi connectivity index (χ3n) is 2.41. The van der Waals surface area contributed by atoms with E-state index in [1.165, 1.54) is 18.2 Å². The fourth-order valence-corrected chi connectivity index (χ4v) is 1.59. The summed E-state index contributed by atoms with van der Waals surface area (Å²) < 4.78 is 0. The number of aromatic hydroxyl groups is 1. The number of halogens is 1. The van der Waals surface area contributed by atoms with Crippen molar-refractivity contribution in [1.29, 1.82) is 0 Å². The molecule has 7 heteroatoms. The number of nitrogens with one attached hydrogen (secondary N) is 2. The lowest BCUT2D eigenvalue weighted by Crippen LogP contribution is -2.26. The van der Waals surface area contributed by atoms with Gasteiger partial charge in [0.25, 0.3) is 5.91 Å². The van der Waals surface area contributed by atoms with Gasteiger partial charge >= 0.3 is 0 Å². The number of amides is 2. The molecule has 0 atom stereocenters. The number of phenols is 1. The maximum absolute atomic E-state index is 11.8. The van der Waals surface area contributed by atoms with Crippen molar-refractivity contribution >= 4 is 29.1 Å². The molecule has 1 aromatic carbocycles. The van der Waals surface area contributed by atoms with E-state index >= 15 is 0 Å². The molecule has 0 saturated carbocycles. The molecule has 0 aromatic heterocycles. The molecule has 1 aromatic rings. The van der Waals surface area contributed by atoms with Crippen molar-refractivity contribution in [3.63, 3.8) is 0 Å². The number of benzene rings is 1. The third kappa shape index (κ3) is 5.66. The number of nitrogens with zero attached hydrogens (tertiary/aromatic N) is 1. The van der Waals surface area contributed by atoms with Gasteiger partial charge in [-0.3, -0.25) is 9.59 Å². The Kier molecular flexibility index (Phi) is 6.42. The fraction of sp³-hybridized carbons (Fsp3) is 0.214. The summed E-state index contributed by atoms with van der Waals surface area (Å²) >= 11 is 5.75. The molecule has 0 unspecified atom stereocenters. The normalized spacial score (nSPS) is 10.9. The average molecular weight is 310 g/mol. The van der Waals surface area contributed by atoms with E-state index in [1.54, 1.807) is 13.0 Å². The minimum absolute atomic E-state index is 0.00941. The van der Waals surface area contributed by atoms with Crippen LogP contribution in [0.25, 0.3) is 0 Å². The standard InChI is InChI=1S/C14H16ClN3O3/c1-3-6-16-13(20)7-9(2)17-18-14(21)11-8-10(15)4-5-12(11)19/h3-5,8,19H,1,6-7H2,2H3,(H,16,20)(H,18,21)/b17-9+. The molecule has 0 bridgehead atoms. The zero-order valence-corrected chi connectivity index (χ0v) is 12.3. The van der Waals surface area contributed by atoms with Crippen LogP contribution >= 0.6 is 11.6 Å². The summed E-state index contributed by atoms with van der Waals surface area (Å²) in [5.41, 5.74) is 2.69. The van der Waals surface area contributed by atoms with Crippen molar-refractivity contribution in [2.45, 2.75) is 13.3 Å². The minimum atomic E-state index is -0.610. The molecule has 2 amide bonds. The van der Waals surface area contributed by atoms with E-state index in [9.17, 15) is 14.7 Å². The smallest absolute Gasteiger partial charge is 0.275 e. The van der Waals surface area contributed by atoms with E-state index in [0.717, 1.165) is 0 Å². The first-order valence-electron chi connectivity index (χ1n) is 6.13. The second-order valence-electron chi connectivity index (χ2n) is 4.22. The molecular formula is C14H16ClN3O3. The zero-order valence-electron chi connectivity index (χ0n) is 11.5. The van der Waals surface area contributed by atoms with E-state index in [1.807, 2.05) is 0 Å². The summed E-state index contributed by atoms with van der Waals surface area (Å²) in [4.78, 5) is 23.2. The molecule has 0 saturated heterocycles. The molecule has 0 radical (unpaired) electrons. The average Bonchev–Trinajstić information content (AvgIpc) is 2.45. The van der Waals surface area contributed by atoms with Crippen LogP contribution in [0, 0.1) is 0 Å². The Morgan fingerprint density at radius 2 is 2.19 bits per heavy atom. The van der Waals surface area contributed by atoms with Gasteiger partial charge < -0.3 is 10.4 Å². The molecule has 0 heterocycles. The number of carbonyl (C=O) groups excluding carboxylic acids is 2. The number of phenolic OH excluding ortho intramolecular Hbond substituents is 1. The Morgan fingerprint density at radius 3 is 2.86 bits per heavy atom. The van der Waals surface area contributed by atoms with E-state index in [2.05, 4.69) is 22.4 Å². The van der Waals surface area contributed by atoms with Gasteiger partial charge in [-0.25, -0.2) is 5.43 Å². The Hall–Kier alpha value is -2.34. The summed E-state index contributed by atoms with van der Waals surface area (Å²) in [6.07, 6.45) is 1.61. The molecule has 21 heavy (non-hydrogen) atoms. The van der Waals surface area contributed by atoms with Gasteiger partial charge in [0.1, 0.15) is 5.75 Å². The van der Waals surface area contributed by atoms with E-state index in [4.69, 9.17) is 11.6 Å². The van der Waals surface area contributed by atoms with Gasteiger partial charge in [-0.05, 0) is 25.1 Å². The molecule has 0 aliphatic rings. The molecule has 3 N–H and O–H groups in total. The lowest BCUT2D eigenvalue weighted by Gasteiger charge is -2.05. The van der Waals surface area contributed by atoms with Crippen LogP contribution in [-0.4, -0.2) is 29.2 Å². The summed E-state index contributed by atoms with van der Waals surface area (Å²) in [7, 11) is 0. The number of hydrogen-bond donors (Lipinski definition) is 3. The van der Waals surface area contributed by atoms with Crippen LogP contribution in [0.15, 0.2) is 36.0 Å². The lowest BCUT2D eigenvalue weighted by atomic mass is 10.2. The third-order valence-corrected chi connectivity index (χ3v) is 2.65. The van der Waals surface area contributed by atoms with Crippen LogP contribution in [0.5, 0.6) is 5.75 Å². The second-order valence-corrected chi connectivity index (χ2v) is 4.66. The summed E-state index contributed by atoms with van der Waals surface area (Å²) in [5.74, 6) is -1.04. The maximum atomic E-state index is 11.8. The van der Waals surface area contributed by atoms with Crippen LogP contribution in [0.4, 0.5) is 0 Å². The van der Waals surface area contributed by atoms with Gasteiger partial charge in [0.15, 0.2) is 0 Å². The van der Waals surface area contributed by atoms with E-state index < -0.39 is 5.91 Å². The number of rotatable bonds is 6. The lowest BCUT2D eigenvalue weighted by molar-refractivity contribution is -0.119. The Labute approximate surface area is 127 Å². The first-order chi connectivity index (χ1) is 9.93. The number of carbonyl (C=O) groups is 2. The summed E-state index contributed by atoms with van der Waals surface area (Å²) in [6.45, 7) is 5.46. The largest absolute Gasteiger partial charge is 0.507 e. The molecular weight excluding hydrogens is 294 g/mol. The second kappa shape index (κ2) is 8.06. The maximum Gasteiger partial charge on any atom is 0.275 e. The summed E-state index contributed by atoms with van der Waals surface area (Å²) in [6, 6.07) is 4.11. The predicted molar refractivity (Wildman–Crippen MR) is 81.5 cm³/mol. The van der Waals surface area contributed by atoms with Gasteiger partial charge in [0, 0.05) is 17.3 Å². The first-order valence-corrected chi connectivity index (χ1v) is 6.51. The molecule has 1 rings (SSSR count). The van der Waals surface area contributed by atoms with Crippen LogP contribution in [-0.2, 0) is 4.79 Å². The Morgan fingerprint density at radius 1 is 1.48 bits per heavy atom. The minimum Gasteiger partial charge on any atom is -0.507 e. The van der Waals surface area contributed by atoms with Crippen molar-refractivity contribution in [3.8, 4) is 5.75 Å². The van der Waals surface area contributed by atoms with Crippen LogP contribution in [0.2, 0.25) is 5.02 Å². The molecule has 112 valence electrons. The monoisotopic (exact) mass is 309 g/mol. The van der Waals surface area contributed by atoms with Gasteiger partial charge in [-0.1, -0.05) is 17.7 Å². The van der Waals surface area contributed by atoms with Gasteiger partial charge in [0.2, 0.25) is 5.91 Å². The van der Waals surface area contributed by atoms with Crippen LogP contribution in [0.1, 0.15) is 23.7 Å². The van der Waals surface area contributed by atoms with Crippen molar-refractivity contribution in [2.75, 3.05) is 6.54 Å². The zero-order chi connectivity index (χ0) is 15.8. The molecule has 6 nitrogen and oxygen atoms in total. The molecule has 0 fully saturated rings. The molecule has 0 aliphatic heterocycles. The fourth-order valence-electron chi connectivity index (χ4n) is 1.42. The summed E-state index contributed by atoms with van der Waals surface area (Å²) in [5, 5.41) is 16.3. The molecule has 0 aliphatic carbocycles. The number of hydrazone groups is 1. The quantitative estimate of drug-likeness (QED) is 0.425.